The summed E-state index contributed by atoms with van der Waals surface area (Å²) in [5.74, 6) is 0.256. The van der Waals surface area contributed by atoms with E-state index in [1.54, 1.807) is 18.2 Å². The Hall–Kier alpha value is -4.41. The van der Waals surface area contributed by atoms with E-state index in [-0.39, 0.29) is 27.1 Å². The molecule has 0 saturated heterocycles. The number of hydrogen-bond acceptors (Lipinski definition) is 6. The monoisotopic (exact) mass is 607 g/mol. The van der Waals surface area contributed by atoms with Crippen LogP contribution in [0.2, 0.25) is 5.02 Å². The minimum atomic E-state index is -4.32. The van der Waals surface area contributed by atoms with E-state index in [1.165, 1.54) is 45.6 Å². The first-order valence-electron chi connectivity index (χ1n) is 13.1. The summed E-state index contributed by atoms with van der Waals surface area (Å²) in [5, 5.41) is 5.19. The fourth-order valence-electron chi connectivity index (χ4n) is 5.06. The van der Waals surface area contributed by atoms with Crippen LogP contribution in [0.4, 0.5) is 11.4 Å². The lowest BCUT2D eigenvalue weighted by atomic mass is 10.1. The summed E-state index contributed by atoms with van der Waals surface area (Å²) < 4.78 is 47.4. The fraction of sp³-hybridized carbons (Fsp3) is 0.194. The number of sulfonamides is 1. The molecule has 0 aliphatic heterocycles. The number of methoxy groups -OCH3 is 3. The Morgan fingerprint density at radius 1 is 0.833 bits per heavy atom. The number of nitrogens with one attached hydrogen (secondary N) is 1. The quantitative estimate of drug-likeness (QED) is 0.199. The van der Waals surface area contributed by atoms with Crippen molar-refractivity contribution in [3.63, 3.8) is 0 Å². The maximum Gasteiger partial charge on any atom is 0.265 e. The molecule has 0 saturated carbocycles. The summed E-state index contributed by atoms with van der Waals surface area (Å²) in [4.78, 5) is 13.4. The molecule has 0 radical (unpaired) electrons. The number of nitrogens with zero attached hydrogens (tertiary/aromatic N) is 2. The summed E-state index contributed by atoms with van der Waals surface area (Å²) >= 11 is 6.27. The topological polar surface area (TPSA) is 99.1 Å². The second kappa shape index (κ2) is 11.8. The van der Waals surface area contributed by atoms with E-state index in [0.29, 0.717) is 11.4 Å². The minimum absolute atomic E-state index is 0.108. The normalized spacial score (nSPS) is 11.5. The Labute approximate surface area is 249 Å². The highest BCUT2D eigenvalue weighted by molar-refractivity contribution is 7.92. The Morgan fingerprint density at radius 3 is 2.24 bits per heavy atom. The van der Waals surface area contributed by atoms with Crippen LogP contribution < -0.4 is 23.8 Å². The van der Waals surface area contributed by atoms with E-state index < -0.39 is 22.5 Å². The van der Waals surface area contributed by atoms with Crippen LogP contribution in [-0.2, 0) is 21.4 Å². The highest BCUT2D eigenvalue weighted by atomic mass is 35.5. The van der Waals surface area contributed by atoms with Crippen molar-refractivity contribution in [3.05, 3.63) is 83.9 Å². The molecule has 0 aliphatic rings. The Bertz CT molecular complexity index is 1900. The molecule has 11 heteroatoms. The maximum atomic E-state index is 14.1. The standard InChI is InChI=1S/C31H30ClN3O6S/c1-5-34-25-9-7-6-8-23(25)24-17-21(11-13-26(24)34)33-31(36)19-35(27-16-20(32)10-14-28(27)39-2)42(37,38)22-12-15-29(40-3)30(18-22)41-4/h6-18H,5,19H2,1-4H3,(H,33,36). The smallest absolute Gasteiger partial charge is 0.265 e. The number of fused-ring (bicyclic) bond motifs is 3. The first-order chi connectivity index (χ1) is 20.2. The summed E-state index contributed by atoms with van der Waals surface area (Å²) in [6.45, 7) is 2.32. The van der Waals surface area contributed by atoms with Crippen LogP contribution in [0.1, 0.15) is 6.92 Å². The van der Waals surface area contributed by atoms with Gasteiger partial charge in [0.1, 0.15) is 12.3 Å². The molecule has 1 heterocycles. The van der Waals surface area contributed by atoms with Gasteiger partial charge in [-0.1, -0.05) is 29.8 Å². The lowest BCUT2D eigenvalue weighted by Crippen LogP contribution is -2.38. The average Bonchev–Trinajstić information content (AvgIpc) is 3.32. The van der Waals surface area contributed by atoms with Gasteiger partial charge in [-0.05, 0) is 61.5 Å². The highest BCUT2D eigenvalue weighted by Gasteiger charge is 2.31. The number of halogens is 1. The predicted octanol–water partition coefficient (Wildman–Crippen LogP) is 6.33. The van der Waals surface area contributed by atoms with E-state index in [0.717, 1.165) is 32.7 Å². The molecular formula is C31H30ClN3O6S. The number of rotatable bonds is 10. The molecule has 0 unspecified atom stereocenters. The number of aryl methyl sites for hydroxylation is 1. The van der Waals surface area contributed by atoms with Crippen LogP contribution >= 0.6 is 11.6 Å². The molecule has 1 amide bonds. The van der Waals surface area contributed by atoms with E-state index in [9.17, 15) is 13.2 Å². The number of hydrogen-bond donors (Lipinski definition) is 1. The minimum Gasteiger partial charge on any atom is -0.495 e. The van der Waals surface area contributed by atoms with Gasteiger partial charge in [-0.3, -0.25) is 9.10 Å². The van der Waals surface area contributed by atoms with Crippen LogP contribution in [0, 0.1) is 0 Å². The molecule has 4 aromatic carbocycles. The second-order valence-electron chi connectivity index (χ2n) is 9.39. The van der Waals surface area contributed by atoms with Gasteiger partial charge >= 0.3 is 0 Å². The van der Waals surface area contributed by atoms with Gasteiger partial charge in [-0.25, -0.2) is 8.42 Å². The molecule has 218 valence electrons. The van der Waals surface area contributed by atoms with Gasteiger partial charge in [0, 0.05) is 45.1 Å². The van der Waals surface area contributed by atoms with Gasteiger partial charge in [-0.2, -0.15) is 0 Å². The van der Waals surface area contributed by atoms with Crippen molar-refractivity contribution in [1.82, 2.24) is 4.57 Å². The molecule has 0 fully saturated rings. The molecule has 5 aromatic rings. The zero-order chi connectivity index (χ0) is 30.0. The third-order valence-electron chi connectivity index (χ3n) is 7.01. The molecule has 1 aromatic heterocycles. The first kappa shape index (κ1) is 29.1. The number of ether oxygens (including phenoxy) is 3. The van der Waals surface area contributed by atoms with Gasteiger partial charge in [0.15, 0.2) is 11.5 Å². The Balaban J connectivity index is 1.54. The van der Waals surface area contributed by atoms with E-state index in [4.69, 9.17) is 25.8 Å². The van der Waals surface area contributed by atoms with Gasteiger partial charge < -0.3 is 24.1 Å². The summed E-state index contributed by atoms with van der Waals surface area (Å²) in [6, 6.07) is 22.5. The van der Waals surface area contributed by atoms with Crippen LogP contribution in [-0.4, -0.2) is 46.8 Å². The van der Waals surface area contributed by atoms with Gasteiger partial charge in [0.2, 0.25) is 5.91 Å². The van der Waals surface area contributed by atoms with Crippen molar-refractivity contribution in [2.24, 2.45) is 0 Å². The summed E-state index contributed by atoms with van der Waals surface area (Å²) in [6.07, 6.45) is 0. The highest BCUT2D eigenvalue weighted by Crippen LogP contribution is 2.37. The van der Waals surface area contributed by atoms with E-state index in [1.807, 2.05) is 30.3 Å². The van der Waals surface area contributed by atoms with E-state index in [2.05, 4.69) is 22.9 Å². The van der Waals surface area contributed by atoms with Crippen molar-refractivity contribution in [1.29, 1.82) is 0 Å². The van der Waals surface area contributed by atoms with Crippen LogP contribution in [0.25, 0.3) is 21.8 Å². The first-order valence-corrected chi connectivity index (χ1v) is 14.9. The average molecular weight is 608 g/mol. The molecule has 0 bridgehead atoms. The Morgan fingerprint density at radius 2 is 1.52 bits per heavy atom. The van der Waals surface area contributed by atoms with Crippen molar-refractivity contribution < 1.29 is 27.4 Å². The molecule has 0 spiro atoms. The SMILES string of the molecule is CCn1c2ccccc2c2cc(NC(=O)CN(c3cc(Cl)ccc3OC)S(=O)(=O)c3ccc(OC)c(OC)c3)ccc21. The van der Waals surface area contributed by atoms with Crippen LogP contribution in [0.15, 0.2) is 83.8 Å². The van der Waals surface area contributed by atoms with Gasteiger partial charge in [-0.15, -0.1) is 0 Å². The van der Waals surface area contributed by atoms with Crippen molar-refractivity contribution in [3.8, 4) is 17.2 Å². The molecular weight excluding hydrogens is 578 g/mol. The predicted molar refractivity (Wildman–Crippen MR) is 166 cm³/mol. The number of para-hydroxylation sites is 1. The zero-order valence-corrected chi connectivity index (χ0v) is 25.1. The third-order valence-corrected chi connectivity index (χ3v) is 9.00. The number of amides is 1. The van der Waals surface area contributed by atoms with Crippen LogP contribution in [0.3, 0.4) is 0 Å². The third kappa shape index (κ3) is 5.31. The van der Waals surface area contributed by atoms with Crippen molar-refractivity contribution >= 4 is 60.7 Å². The zero-order valence-electron chi connectivity index (χ0n) is 23.5. The Kier molecular flexibility index (Phi) is 8.20. The molecule has 0 aliphatic carbocycles. The van der Waals surface area contributed by atoms with Gasteiger partial charge in [0.05, 0.1) is 31.9 Å². The van der Waals surface area contributed by atoms with E-state index >= 15 is 0 Å². The summed E-state index contributed by atoms with van der Waals surface area (Å²) in [5.41, 5.74) is 2.78. The second-order valence-corrected chi connectivity index (χ2v) is 11.7. The lowest BCUT2D eigenvalue weighted by Gasteiger charge is -2.26. The molecule has 1 N–H and O–H groups in total. The number of carbonyl (C=O) groups is 1. The molecule has 42 heavy (non-hydrogen) atoms. The molecule has 9 nitrogen and oxygen atoms in total. The fourth-order valence-corrected chi connectivity index (χ4v) is 6.67. The number of benzene rings is 4. The number of anilines is 2. The maximum absolute atomic E-state index is 14.1. The lowest BCUT2D eigenvalue weighted by molar-refractivity contribution is -0.114. The van der Waals surface area contributed by atoms with Crippen LogP contribution in [0.5, 0.6) is 17.2 Å². The summed E-state index contributed by atoms with van der Waals surface area (Å²) in [7, 11) is -0.0382. The number of carbonyl (C=O) groups excluding carboxylic acids is 1. The van der Waals surface area contributed by atoms with Gasteiger partial charge in [0.25, 0.3) is 10.0 Å². The molecule has 0 atom stereocenters. The number of aromatic nitrogens is 1. The van der Waals surface area contributed by atoms with Crippen molar-refractivity contribution in [2.45, 2.75) is 18.4 Å². The van der Waals surface area contributed by atoms with Crippen molar-refractivity contribution in [2.75, 3.05) is 37.5 Å². The molecule has 5 rings (SSSR count). The largest absolute Gasteiger partial charge is 0.495 e.